The van der Waals surface area contributed by atoms with Crippen molar-refractivity contribution in [2.45, 2.75) is 19.5 Å². The van der Waals surface area contributed by atoms with E-state index in [1.54, 1.807) is 19.2 Å². The molecule has 28 heavy (non-hydrogen) atoms. The van der Waals surface area contributed by atoms with Crippen LogP contribution in [0.5, 0.6) is 11.5 Å². The van der Waals surface area contributed by atoms with Gasteiger partial charge in [0.25, 0.3) is 5.91 Å². The fourth-order valence-electron chi connectivity index (χ4n) is 3.83. The van der Waals surface area contributed by atoms with Gasteiger partial charge in [0.2, 0.25) is 0 Å². The van der Waals surface area contributed by atoms with E-state index in [0.717, 1.165) is 17.8 Å². The first-order valence-corrected chi connectivity index (χ1v) is 9.54. The number of benzene rings is 2. The maximum absolute atomic E-state index is 13.5. The average molecular weight is 376 g/mol. The first-order chi connectivity index (χ1) is 13.7. The molecular weight excluding hydrogens is 352 g/mol. The van der Waals surface area contributed by atoms with Crippen molar-refractivity contribution in [2.75, 3.05) is 20.3 Å². The topological polar surface area (TPSA) is 43.7 Å². The molecule has 5 nitrogen and oxygen atoms in total. The van der Waals surface area contributed by atoms with Crippen LogP contribution in [0.3, 0.4) is 0 Å². The van der Waals surface area contributed by atoms with Crippen molar-refractivity contribution in [3.8, 4) is 11.5 Å². The Morgan fingerprint density at radius 2 is 1.86 bits per heavy atom. The number of amides is 1. The second kappa shape index (κ2) is 7.80. The molecule has 0 radical (unpaired) electrons. The van der Waals surface area contributed by atoms with Gasteiger partial charge in [0.1, 0.15) is 0 Å². The highest BCUT2D eigenvalue weighted by Crippen LogP contribution is 2.35. The molecule has 0 aliphatic carbocycles. The van der Waals surface area contributed by atoms with Crippen LogP contribution < -0.4 is 9.47 Å². The van der Waals surface area contributed by atoms with Gasteiger partial charge in [-0.05, 0) is 42.8 Å². The summed E-state index contributed by atoms with van der Waals surface area (Å²) in [7, 11) is 1.59. The summed E-state index contributed by atoms with van der Waals surface area (Å²) in [4.78, 5) is 15.4. The van der Waals surface area contributed by atoms with Crippen LogP contribution in [0.25, 0.3) is 0 Å². The number of fused-ring (bicyclic) bond motifs is 1. The van der Waals surface area contributed by atoms with E-state index in [4.69, 9.17) is 9.47 Å². The Morgan fingerprint density at radius 1 is 1.04 bits per heavy atom. The van der Waals surface area contributed by atoms with Crippen molar-refractivity contribution in [2.24, 2.45) is 0 Å². The van der Waals surface area contributed by atoms with E-state index in [0.29, 0.717) is 30.2 Å². The Morgan fingerprint density at radius 3 is 2.61 bits per heavy atom. The molecule has 1 aromatic heterocycles. The van der Waals surface area contributed by atoms with Gasteiger partial charge in [-0.3, -0.25) is 4.79 Å². The van der Waals surface area contributed by atoms with Crippen molar-refractivity contribution in [3.63, 3.8) is 0 Å². The van der Waals surface area contributed by atoms with Crippen molar-refractivity contribution < 1.29 is 14.3 Å². The van der Waals surface area contributed by atoms with E-state index in [-0.39, 0.29) is 11.9 Å². The van der Waals surface area contributed by atoms with Crippen molar-refractivity contribution >= 4 is 5.91 Å². The van der Waals surface area contributed by atoms with Gasteiger partial charge >= 0.3 is 0 Å². The molecule has 0 N–H and O–H groups in total. The van der Waals surface area contributed by atoms with Crippen LogP contribution in [0, 0.1) is 0 Å². The third-order valence-corrected chi connectivity index (χ3v) is 5.12. The number of carbonyl (C=O) groups is 1. The van der Waals surface area contributed by atoms with Crippen LogP contribution in [0.15, 0.2) is 66.9 Å². The molecule has 0 saturated heterocycles. The van der Waals surface area contributed by atoms with Crippen LogP contribution in [-0.2, 0) is 6.54 Å². The van der Waals surface area contributed by atoms with E-state index in [2.05, 4.69) is 29.0 Å². The molecule has 0 fully saturated rings. The van der Waals surface area contributed by atoms with Gasteiger partial charge in [0.05, 0.1) is 19.8 Å². The van der Waals surface area contributed by atoms with Gasteiger partial charge in [0, 0.05) is 30.5 Å². The first kappa shape index (κ1) is 18.2. The molecule has 0 bridgehead atoms. The summed E-state index contributed by atoms with van der Waals surface area (Å²) in [6.45, 7) is 3.90. The second-order valence-corrected chi connectivity index (χ2v) is 6.74. The number of hydrogen-bond donors (Lipinski definition) is 0. The van der Waals surface area contributed by atoms with Crippen molar-refractivity contribution in [1.29, 1.82) is 0 Å². The number of ether oxygens (including phenoxy) is 2. The first-order valence-electron chi connectivity index (χ1n) is 9.54. The quantitative estimate of drug-likeness (QED) is 0.672. The van der Waals surface area contributed by atoms with E-state index in [9.17, 15) is 4.79 Å². The maximum atomic E-state index is 13.5. The molecular formula is C23H24N2O3. The Kier molecular flexibility index (Phi) is 5.06. The fourth-order valence-corrected chi connectivity index (χ4v) is 3.83. The Labute approximate surface area is 165 Å². The number of hydrogen-bond acceptors (Lipinski definition) is 3. The van der Waals surface area contributed by atoms with Gasteiger partial charge < -0.3 is 18.9 Å². The minimum Gasteiger partial charge on any atom is -0.493 e. The predicted octanol–water partition coefficient (Wildman–Crippen LogP) is 4.14. The Bertz CT molecular complexity index is 965. The van der Waals surface area contributed by atoms with Crippen LogP contribution >= 0.6 is 0 Å². The summed E-state index contributed by atoms with van der Waals surface area (Å²) < 4.78 is 13.2. The lowest BCUT2D eigenvalue weighted by Gasteiger charge is -2.37. The van der Waals surface area contributed by atoms with Crippen LogP contribution in [0.2, 0.25) is 0 Å². The molecule has 0 spiro atoms. The third-order valence-electron chi connectivity index (χ3n) is 5.12. The summed E-state index contributed by atoms with van der Waals surface area (Å²) >= 11 is 0. The molecule has 144 valence electrons. The molecule has 1 aliphatic rings. The van der Waals surface area contributed by atoms with Crippen LogP contribution in [-0.4, -0.2) is 35.6 Å². The predicted molar refractivity (Wildman–Crippen MR) is 108 cm³/mol. The number of carbonyl (C=O) groups excluding carboxylic acids is 1. The van der Waals surface area contributed by atoms with Gasteiger partial charge in [-0.15, -0.1) is 0 Å². The molecule has 3 aromatic rings. The molecule has 1 aliphatic heterocycles. The summed E-state index contributed by atoms with van der Waals surface area (Å²) in [6, 6.07) is 19.6. The average Bonchev–Trinajstić information content (AvgIpc) is 3.22. The largest absolute Gasteiger partial charge is 0.493 e. The SMILES string of the molecule is CCOc1ccc(C(=O)N2CCn3cccc3C2c2ccccc2)cc1OC. The highest BCUT2D eigenvalue weighted by molar-refractivity contribution is 5.95. The summed E-state index contributed by atoms with van der Waals surface area (Å²) in [5.41, 5.74) is 2.83. The molecule has 1 atom stereocenters. The molecule has 0 saturated carbocycles. The molecule has 4 rings (SSSR count). The zero-order chi connectivity index (χ0) is 19.5. The van der Waals surface area contributed by atoms with Gasteiger partial charge in [0.15, 0.2) is 11.5 Å². The maximum Gasteiger partial charge on any atom is 0.254 e. The smallest absolute Gasteiger partial charge is 0.254 e. The monoisotopic (exact) mass is 376 g/mol. The normalized spacial score (nSPS) is 15.8. The summed E-state index contributed by atoms with van der Waals surface area (Å²) in [5, 5.41) is 0. The molecule has 1 unspecified atom stereocenters. The number of nitrogens with zero attached hydrogens (tertiary/aromatic N) is 2. The lowest BCUT2D eigenvalue weighted by Crippen LogP contribution is -2.42. The number of methoxy groups -OCH3 is 1. The standard InChI is InChI=1S/C23H24N2O3/c1-3-28-20-12-11-18(16-21(20)27-2)23(26)25-15-14-24-13-7-10-19(24)22(25)17-8-5-4-6-9-17/h4-13,16,22H,3,14-15H2,1-2H3. The minimum absolute atomic E-state index is 0.0114. The molecule has 1 amide bonds. The Hall–Kier alpha value is -3.21. The molecule has 2 aromatic carbocycles. The van der Waals surface area contributed by atoms with Crippen LogP contribution in [0.1, 0.15) is 34.6 Å². The summed E-state index contributed by atoms with van der Waals surface area (Å²) in [6.07, 6.45) is 2.08. The second-order valence-electron chi connectivity index (χ2n) is 6.74. The van der Waals surface area contributed by atoms with Crippen molar-refractivity contribution in [1.82, 2.24) is 9.47 Å². The van der Waals surface area contributed by atoms with E-state index in [1.165, 1.54) is 0 Å². The van der Waals surface area contributed by atoms with Gasteiger partial charge in [-0.1, -0.05) is 30.3 Å². The van der Waals surface area contributed by atoms with Crippen LogP contribution in [0.4, 0.5) is 0 Å². The van der Waals surface area contributed by atoms with Crippen molar-refractivity contribution in [3.05, 3.63) is 83.7 Å². The highest BCUT2D eigenvalue weighted by Gasteiger charge is 2.32. The zero-order valence-electron chi connectivity index (χ0n) is 16.2. The minimum atomic E-state index is -0.116. The van der Waals surface area contributed by atoms with Gasteiger partial charge in [-0.2, -0.15) is 0 Å². The van der Waals surface area contributed by atoms with Gasteiger partial charge in [-0.25, -0.2) is 0 Å². The summed E-state index contributed by atoms with van der Waals surface area (Å²) in [5.74, 6) is 1.21. The third kappa shape index (κ3) is 3.24. The number of rotatable bonds is 5. The fraction of sp³-hybridized carbons (Fsp3) is 0.261. The zero-order valence-corrected chi connectivity index (χ0v) is 16.2. The van der Waals surface area contributed by atoms with E-state index < -0.39 is 0 Å². The molecule has 5 heteroatoms. The lowest BCUT2D eigenvalue weighted by atomic mass is 9.99. The van der Waals surface area contributed by atoms with E-state index >= 15 is 0 Å². The lowest BCUT2D eigenvalue weighted by molar-refractivity contribution is 0.0663. The highest BCUT2D eigenvalue weighted by atomic mass is 16.5. The Balaban J connectivity index is 1.72. The van der Waals surface area contributed by atoms with E-state index in [1.807, 2.05) is 42.2 Å². The number of aromatic nitrogens is 1. The molecule has 2 heterocycles.